The summed E-state index contributed by atoms with van der Waals surface area (Å²) in [7, 11) is 1.64. The van der Waals surface area contributed by atoms with E-state index in [4.69, 9.17) is 4.74 Å². The van der Waals surface area contributed by atoms with Crippen LogP contribution in [-0.2, 0) is 4.74 Å². The Kier molecular flexibility index (Phi) is 5.57. The van der Waals surface area contributed by atoms with Gasteiger partial charge in [0.2, 0.25) is 0 Å². The van der Waals surface area contributed by atoms with Gasteiger partial charge in [-0.2, -0.15) is 0 Å². The first-order valence-electron chi connectivity index (χ1n) is 5.23. The zero-order valence-electron chi connectivity index (χ0n) is 9.63. The number of ether oxygens (including phenoxy) is 1. The van der Waals surface area contributed by atoms with Crippen molar-refractivity contribution in [2.75, 3.05) is 7.11 Å². The number of rotatable bonds is 6. The summed E-state index contributed by atoms with van der Waals surface area (Å²) in [6, 6.07) is 0. The van der Waals surface area contributed by atoms with Gasteiger partial charge in [0.25, 0.3) is 0 Å². The molecule has 0 aliphatic heterocycles. The third-order valence-electron chi connectivity index (χ3n) is 3.09. The average molecular weight is 188 g/mol. The fraction of sp³-hybridized carbons (Fsp3) is 1.00. The van der Waals surface area contributed by atoms with Crippen LogP contribution in [0.5, 0.6) is 0 Å². The number of hydrogen-bond acceptors (Lipinski definition) is 2. The third kappa shape index (κ3) is 4.10. The van der Waals surface area contributed by atoms with Crippen molar-refractivity contribution in [2.24, 2.45) is 5.92 Å². The fourth-order valence-electron chi connectivity index (χ4n) is 1.58. The monoisotopic (exact) mass is 188 g/mol. The summed E-state index contributed by atoms with van der Waals surface area (Å²) in [5.41, 5.74) is -0.689. The van der Waals surface area contributed by atoms with Crippen LogP contribution in [0.15, 0.2) is 0 Å². The van der Waals surface area contributed by atoms with E-state index in [1.807, 2.05) is 13.8 Å². The summed E-state index contributed by atoms with van der Waals surface area (Å²) in [6.45, 7) is 8.12. The minimum Gasteiger partial charge on any atom is -0.387 e. The molecule has 0 aliphatic rings. The van der Waals surface area contributed by atoms with Gasteiger partial charge < -0.3 is 9.84 Å². The Morgan fingerprint density at radius 1 is 1.31 bits per heavy atom. The lowest BCUT2D eigenvalue weighted by molar-refractivity contribution is -0.0857. The first-order chi connectivity index (χ1) is 5.97. The minimum absolute atomic E-state index is 0.0897. The molecule has 2 nitrogen and oxygen atoms in total. The first-order valence-corrected chi connectivity index (χ1v) is 5.23. The van der Waals surface area contributed by atoms with Gasteiger partial charge in [-0.05, 0) is 26.2 Å². The van der Waals surface area contributed by atoms with Gasteiger partial charge in [0.15, 0.2) is 0 Å². The molecular formula is C11H24O2. The van der Waals surface area contributed by atoms with Gasteiger partial charge in [-0.1, -0.05) is 26.7 Å². The van der Waals surface area contributed by atoms with E-state index in [0.29, 0.717) is 5.92 Å². The van der Waals surface area contributed by atoms with Crippen LogP contribution in [0.2, 0.25) is 0 Å². The van der Waals surface area contributed by atoms with Crippen molar-refractivity contribution in [2.45, 2.75) is 58.7 Å². The maximum atomic E-state index is 10.1. The molecule has 1 N–H and O–H groups in total. The van der Waals surface area contributed by atoms with Gasteiger partial charge in [-0.25, -0.2) is 0 Å². The van der Waals surface area contributed by atoms with Crippen LogP contribution < -0.4 is 0 Å². The molecule has 2 heteroatoms. The summed E-state index contributed by atoms with van der Waals surface area (Å²) in [6.07, 6.45) is 2.99. The van der Waals surface area contributed by atoms with Gasteiger partial charge in [-0.3, -0.25) is 0 Å². The lowest BCUT2D eigenvalue weighted by atomic mass is 9.85. The minimum atomic E-state index is -0.689. The van der Waals surface area contributed by atoms with Crippen molar-refractivity contribution < 1.29 is 9.84 Å². The highest BCUT2D eigenvalue weighted by Gasteiger charge is 2.30. The quantitative estimate of drug-likeness (QED) is 0.694. The Labute approximate surface area is 82.3 Å². The van der Waals surface area contributed by atoms with E-state index in [1.165, 1.54) is 0 Å². The topological polar surface area (TPSA) is 29.5 Å². The largest absolute Gasteiger partial charge is 0.387 e. The molecule has 0 saturated carbocycles. The predicted molar refractivity (Wildman–Crippen MR) is 55.8 cm³/mol. The molecule has 2 unspecified atom stereocenters. The van der Waals surface area contributed by atoms with Crippen molar-refractivity contribution in [3.8, 4) is 0 Å². The first kappa shape index (κ1) is 12.9. The summed E-state index contributed by atoms with van der Waals surface area (Å²) in [5, 5.41) is 10.1. The van der Waals surface area contributed by atoms with Gasteiger partial charge in [-0.15, -0.1) is 0 Å². The van der Waals surface area contributed by atoms with E-state index in [-0.39, 0.29) is 6.10 Å². The van der Waals surface area contributed by atoms with Gasteiger partial charge in [0, 0.05) is 7.11 Å². The summed E-state index contributed by atoms with van der Waals surface area (Å²) in [5.74, 6) is 0.604. The zero-order chi connectivity index (χ0) is 10.5. The fourth-order valence-corrected chi connectivity index (χ4v) is 1.58. The smallest absolute Gasteiger partial charge is 0.0880 e. The Balaban J connectivity index is 4.13. The average Bonchev–Trinajstić information content (AvgIpc) is 2.12. The molecule has 0 fully saturated rings. The molecule has 0 rings (SSSR count). The molecule has 0 bridgehead atoms. The highest BCUT2D eigenvalue weighted by atomic mass is 16.5. The molecule has 0 heterocycles. The lowest BCUT2D eigenvalue weighted by Crippen LogP contribution is -2.40. The molecule has 0 amide bonds. The van der Waals surface area contributed by atoms with Crippen LogP contribution in [0.25, 0.3) is 0 Å². The summed E-state index contributed by atoms with van der Waals surface area (Å²) >= 11 is 0. The van der Waals surface area contributed by atoms with Gasteiger partial charge >= 0.3 is 0 Å². The van der Waals surface area contributed by atoms with Crippen LogP contribution in [0.4, 0.5) is 0 Å². The second kappa shape index (κ2) is 5.61. The Hall–Kier alpha value is -0.0800. The molecule has 0 spiro atoms. The van der Waals surface area contributed by atoms with Crippen LogP contribution in [0, 0.1) is 5.92 Å². The van der Waals surface area contributed by atoms with Crippen LogP contribution in [-0.4, -0.2) is 23.9 Å². The van der Waals surface area contributed by atoms with E-state index in [9.17, 15) is 5.11 Å². The lowest BCUT2D eigenvalue weighted by Gasteiger charge is -2.32. The standard InChI is InChI=1S/C11H24O2/c1-6-10(7-2)8-11(4,12)9(3)13-5/h9-10,12H,6-8H2,1-5H3. The zero-order valence-corrected chi connectivity index (χ0v) is 9.63. The van der Waals surface area contributed by atoms with Crippen molar-refractivity contribution >= 4 is 0 Å². The maximum Gasteiger partial charge on any atom is 0.0880 e. The molecule has 80 valence electrons. The molecule has 0 radical (unpaired) electrons. The molecule has 0 aromatic heterocycles. The molecule has 2 atom stereocenters. The van der Waals surface area contributed by atoms with Crippen LogP contribution >= 0.6 is 0 Å². The number of methoxy groups -OCH3 is 1. The van der Waals surface area contributed by atoms with E-state index in [2.05, 4.69) is 13.8 Å². The van der Waals surface area contributed by atoms with E-state index < -0.39 is 5.60 Å². The summed E-state index contributed by atoms with van der Waals surface area (Å²) in [4.78, 5) is 0. The molecule has 13 heavy (non-hydrogen) atoms. The van der Waals surface area contributed by atoms with E-state index in [1.54, 1.807) is 7.11 Å². The second-order valence-electron chi connectivity index (χ2n) is 4.12. The van der Waals surface area contributed by atoms with Gasteiger partial charge in [0.05, 0.1) is 11.7 Å². The molecule has 0 aliphatic carbocycles. The maximum absolute atomic E-state index is 10.1. The molecule has 0 aromatic rings. The van der Waals surface area contributed by atoms with E-state index >= 15 is 0 Å². The van der Waals surface area contributed by atoms with E-state index in [0.717, 1.165) is 19.3 Å². The van der Waals surface area contributed by atoms with Crippen molar-refractivity contribution in [1.29, 1.82) is 0 Å². The summed E-state index contributed by atoms with van der Waals surface area (Å²) < 4.78 is 5.15. The van der Waals surface area contributed by atoms with Crippen LogP contribution in [0.1, 0.15) is 47.0 Å². The van der Waals surface area contributed by atoms with Crippen LogP contribution in [0.3, 0.4) is 0 Å². The van der Waals surface area contributed by atoms with Crippen molar-refractivity contribution in [3.05, 3.63) is 0 Å². The molecular weight excluding hydrogens is 164 g/mol. The third-order valence-corrected chi connectivity index (χ3v) is 3.09. The highest BCUT2D eigenvalue weighted by molar-refractivity contribution is 4.82. The number of hydrogen-bond donors (Lipinski definition) is 1. The molecule has 0 aromatic carbocycles. The van der Waals surface area contributed by atoms with Crippen molar-refractivity contribution in [1.82, 2.24) is 0 Å². The SMILES string of the molecule is CCC(CC)CC(C)(O)C(C)OC. The predicted octanol–water partition coefficient (Wildman–Crippen LogP) is 2.60. The number of aliphatic hydroxyl groups is 1. The normalized spacial score (nSPS) is 18.7. The Morgan fingerprint density at radius 3 is 2.08 bits per heavy atom. The Morgan fingerprint density at radius 2 is 1.77 bits per heavy atom. The highest BCUT2D eigenvalue weighted by Crippen LogP contribution is 2.25. The second-order valence-corrected chi connectivity index (χ2v) is 4.12. The Bertz CT molecular complexity index is 128. The molecule has 0 saturated heterocycles. The van der Waals surface area contributed by atoms with Gasteiger partial charge in [0.1, 0.15) is 0 Å². The van der Waals surface area contributed by atoms with Crippen molar-refractivity contribution in [3.63, 3.8) is 0 Å².